The summed E-state index contributed by atoms with van der Waals surface area (Å²) < 4.78 is 4.29. The van der Waals surface area contributed by atoms with E-state index in [-0.39, 0.29) is 0 Å². The minimum Gasteiger partial charge on any atom is -0.334 e. The zero-order valence-electron chi connectivity index (χ0n) is 12.3. The van der Waals surface area contributed by atoms with Crippen LogP contribution in [0.15, 0.2) is 17.7 Å². The van der Waals surface area contributed by atoms with Crippen LogP contribution in [0.5, 0.6) is 0 Å². The largest absolute Gasteiger partial charge is 0.334 e. The average molecular weight is 294 g/mol. The topological polar surface area (TPSA) is 74.6 Å². The maximum atomic E-state index is 5.71. The van der Waals surface area contributed by atoms with Crippen molar-refractivity contribution in [2.45, 2.75) is 57.2 Å². The van der Waals surface area contributed by atoms with E-state index in [0.29, 0.717) is 12.6 Å². The van der Waals surface area contributed by atoms with Crippen LogP contribution in [0.3, 0.4) is 0 Å². The second kappa shape index (κ2) is 6.90. The van der Waals surface area contributed by atoms with Gasteiger partial charge in [0, 0.05) is 30.2 Å². The summed E-state index contributed by atoms with van der Waals surface area (Å²) in [5.41, 5.74) is 6.92. The Kier molecular flexibility index (Phi) is 5.19. The van der Waals surface area contributed by atoms with Crippen LogP contribution in [0.4, 0.5) is 0 Å². The van der Waals surface area contributed by atoms with E-state index in [4.69, 9.17) is 5.73 Å². The Labute approximate surface area is 123 Å². The highest BCUT2D eigenvalue weighted by molar-refractivity contribution is 7.98. The number of imidazole rings is 1. The van der Waals surface area contributed by atoms with Crippen molar-refractivity contribution in [3.63, 3.8) is 0 Å². The third-order valence-electron chi connectivity index (χ3n) is 3.05. The molecule has 6 nitrogen and oxygen atoms in total. The van der Waals surface area contributed by atoms with Gasteiger partial charge in [-0.2, -0.15) is 0 Å². The molecular weight excluding hydrogens is 272 g/mol. The fourth-order valence-electron chi connectivity index (χ4n) is 2.11. The monoisotopic (exact) mass is 294 g/mol. The fourth-order valence-corrected chi connectivity index (χ4v) is 3.18. The molecule has 0 amide bonds. The quantitative estimate of drug-likeness (QED) is 0.793. The van der Waals surface area contributed by atoms with Crippen LogP contribution in [0, 0.1) is 0 Å². The molecule has 0 bridgehead atoms. The van der Waals surface area contributed by atoms with Crippen molar-refractivity contribution in [3.8, 4) is 0 Å². The van der Waals surface area contributed by atoms with Gasteiger partial charge in [-0.25, -0.2) is 4.98 Å². The van der Waals surface area contributed by atoms with Crippen LogP contribution in [0.2, 0.25) is 0 Å². The number of hydrogen-bond acceptors (Lipinski definition) is 5. The SMILES string of the molecule is CCCn1cncc1CSc1nnc(CN)n1C(C)C. The molecule has 20 heavy (non-hydrogen) atoms. The number of rotatable bonds is 7. The predicted molar refractivity (Wildman–Crippen MR) is 80.4 cm³/mol. The minimum absolute atomic E-state index is 0.312. The molecule has 0 aliphatic heterocycles. The van der Waals surface area contributed by atoms with Crippen molar-refractivity contribution < 1.29 is 0 Å². The van der Waals surface area contributed by atoms with Gasteiger partial charge in [0.2, 0.25) is 0 Å². The Morgan fingerprint density at radius 3 is 2.80 bits per heavy atom. The maximum Gasteiger partial charge on any atom is 0.191 e. The van der Waals surface area contributed by atoms with Crippen LogP contribution in [0.1, 0.15) is 44.8 Å². The molecule has 0 aliphatic carbocycles. The van der Waals surface area contributed by atoms with Crippen LogP contribution in [-0.2, 0) is 18.8 Å². The highest BCUT2D eigenvalue weighted by Gasteiger charge is 2.14. The molecule has 2 aromatic heterocycles. The summed E-state index contributed by atoms with van der Waals surface area (Å²) in [5.74, 6) is 1.68. The molecule has 0 spiro atoms. The zero-order chi connectivity index (χ0) is 14.5. The molecule has 2 heterocycles. The molecule has 2 rings (SSSR count). The van der Waals surface area contributed by atoms with E-state index in [2.05, 4.69) is 45.1 Å². The molecule has 0 aliphatic rings. The molecule has 110 valence electrons. The van der Waals surface area contributed by atoms with Gasteiger partial charge >= 0.3 is 0 Å². The van der Waals surface area contributed by atoms with Gasteiger partial charge in [0.15, 0.2) is 5.16 Å². The lowest BCUT2D eigenvalue weighted by Crippen LogP contribution is -2.11. The number of hydrogen-bond donors (Lipinski definition) is 1. The molecule has 0 unspecified atom stereocenters. The van der Waals surface area contributed by atoms with E-state index in [1.54, 1.807) is 11.8 Å². The first kappa shape index (κ1) is 15.1. The fraction of sp³-hybridized carbons (Fsp3) is 0.615. The maximum absolute atomic E-state index is 5.71. The van der Waals surface area contributed by atoms with E-state index in [1.807, 2.05) is 12.5 Å². The normalized spacial score (nSPS) is 11.4. The highest BCUT2D eigenvalue weighted by atomic mass is 32.2. The molecule has 0 saturated carbocycles. The summed E-state index contributed by atoms with van der Waals surface area (Å²) in [6, 6.07) is 0.312. The number of thioether (sulfide) groups is 1. The summed E-state index contributed by atoms with van der Waals surface area (Å²) in [7, 11) is 0. The van der Waals surface area contributed by atoms with E-state index < -0.39 is 0 Å². The Bertz CT molecular complexity index is 545. The predicted octanol–water partition coefficient (Wildman–Crippen LogP) is 2.22. The van der Waals surface area contributed by atoms with Gasteiger partial charge in [-0.3, -0.25) is 0 Å². The molecule has 0 radical (unpaired) electrons. The zero-order valence-corrected chi connectivity index (χ0v) is 13.1. The first-order chi connectivity index (χ1) is 9.67. The Balaban J connectivity index is 2.11. The number of nitrogens with two attached hydrogens (primary N) is 1. The lowest BCUT2D eigenvalue weighted by Gasteiger charge is -2.13. The van der Waals surface area contributed by atoms with Gasteiger partial charge in [-0.15, -0.1) is 10.2 Å². The van der Waals surface area contributed by atoms with E-state index in [0.717, 1.165) is 29.7 Å². The van der Waals surface area contributed by atoms with E-state index in [1.165, 1.54) is 5.69 Å². The van der Waals surface area contributed by atoms with Gasteiger partial charge in [0.1, 0.15) is 5.82 Å². The van der Waals surface area contributed by atoms with Crippen molar-refractivity contribution >= 4 is 11.8 Å². The third kappa shape index (κ3) is 3.21. The number of aromatic nitrogens is 5. The lowest BCUT2D eigenvalue weighted by atomic mass is 10.4. The number of aryl methyl sites for hydroxylation is 1. The Hall–Kier alpha value is -1.34. The molecule has 7 heteroatoms. The van der Waals surface area contributed by atoms with Gasteiger partial charge in [-0.1, -0.05) is 18.7 Å². The molecule has 0 saturated heterocycles. The van der Waals surface area contributed by atoms with Crippen LogP contribution >= 0.6 is 11.8 Å². The van der Waals surface area contributed by atoms with Crippen molar-refractivity contribution in [2.24, 2.45) is 5.73 Å². The van der Waals surface area contributed by atoms with Gasteiger partial charge in [0.05, 0.1) is 12.9 Å². The van der Waals surface area contributed by atoms with Gasteiger partial charge < -0.3 is 14.9 Å². The summed E-state index contributed by atoms with van der Waals surface area (Å²) >= 11 is 1.68. The van der Waals surface area contributed by atoms with Crippen LogP contribution in [-0.4, -0.2) is 24.3 Å². The summed E-state index contributed by atoms with van der Waals surface area (Å²) in [6.45, 7) is 7.82. The summed E-state index contributed by atoms with van der Waals surface area (Å²) in [4.78, 5) is 4.22. The van der Waals surface area contributed by atoms with Crippen molar-refractivity contribution in [1.29, 1.82) is 0 Å². The van der Waals surface area contributed by atoms with E-state index >= 15 is 0 Å². The second-order valence-corrected chi connectivity index (χ2v) is 5.88. The average Bonchev–Trinajstić information content (AvgIpc) is 3.02. The van der Waals surface area contributed by atoms with Crippen LogP contribution in [0.25, 0.3) is 0 Å². The molecule has 0 fully saturated rings. The standard InChI is InChI=1S/C13H22N6S/c1-4-5-18-9-15-7-11(18)8-20-13-17-16-12(6-14)19(13)10(2)3/h7,9-10H,4-6,8,14H2,1-3H3. The highest BCUT2D eigenvalue weighted by Crippen LogP contribution is 2.24. The molecule has 0 aromatic carbocycles. The molecule has 0 atom stereocenters. The molecule has 2 N–H and O–H groups in total. The van der Waals surface area contributed by atoms with Gasteiger partial charge in [0.25, 0.3) is 0 Å². The Morgan fingerprint density at radius 1 is 1.35 bits per heavy atom. The third-order valence-corrected chi connectivity index (χ3v) is 4.02. The Morgan fingerprint density at radius 2 is 2.15 bits per heavy atom. The van der Waals surface area contributed by atoms with E-state index in [9.17, 15) is 0 Å². The minimum atomic E-state index is 0.312. The second-order valence-electron chi connectivity index (χ2n) is 4.93. The van der Waals surface area contributed by atoms with Crippen molar-refractivity contribution in [3.05, 3.63) is 24.0 Å². The van der Waals surface area contributed by atoms with Crippen molar-refractivity contribution in [1.82, 2.24) is 24.3 Å². The molecule has 2 aromatic rings. The first-order valence-electron chi connectivity index (χ1n) is 6.93. The smallest absolute Gasteiger partial charge is 0.191 e. The lowest BCUT2D eigenvalue weighted by molar-refractivity contribution is 0.526. The summed E-state index contributed by atoms with van der Waals surface area (Å²) in [6.07, 6.45) is 4.91. The van der Waals surface area contributed by atoms with Gasteiger partial charge in [-0.05, 0) is 20.3 Å². The molecular formula is C13H22N6S. The summed E-state index contributed by atoms with van der Waals surface area (Å²) in [5, 5.41) is 9.33. The van der Waals surface area contributed by atoms with Crippen LogP contribution < -0.4 is 5.73 Å². The van der Waals surface area contributed by atoms with Crippen molar-refractivity contribution in [2.75, 3.05) is 0 Å². The number of nitrogens with zero attached hydrogens (tertiary/aromatic N) is 5. The first-order valence-corrected chi connectivity index (χ1v) is 7.91.